The van der Waals surface area contributed by atoms with Gasteiger partial charge in [0.25, 0.3) is 0 Å². The molecule has 1 heterocycles. The summed E-state index contributed by atoms with van der Waals surface area (Å²) in [6.45, 7) is 1.19. The van der Waals surface area contributed by atoms with E-state index >= 15 is 0 Å². The molecule has 0 atom stereocenters. The van der Waals surface area contributed by atoms with Crippen LogP contribution in [0.5, 0.6) is 0 Å². The molecule has 8 nitrogen and oxygen atoms in total. The van der Waals surface area contributed by atoms with E-state index in [4.69, 9.17) is 5.11 Å². The molecule has 1 aliphatic heterocycles. The van der Waals surface area contributed by atoms with Crippen molar-refractivity contribution in [1.82, 2.24) is 14.5 Å². The summed E-state index contributed by atoms with van der Waals surface area (Å²) < 4.78 is 24.2. The molecule has 0 spiro atoms. The molecule has 1 saturated carbocycles. The molecule has 0 aromatic carbocycles. The number of aliphatic carboxylic acids is 1. The van der Waals surface area contributed by atoms with Gasteiger partial charge in [-0.3, -0.25) is 4.79 Å². The molecule has 0 radical (unpaired) electrons. The molecule has 2 amide bonds. The minimum atomic E-state index is -3.22. The van der Waals surface area contributed by atoms with E-state index in [1.54, 1.807) is 4.90 Å². The van der Waals surface area contributed by atoms with Gasteiger partial charge in [-0.15, -0.1) is 0 Å². The fourth-order valence-electron chi connectivity index (χ4n) is 2.77. The van der Waals surface area contributed by atoms with Crippen LogP contribution in [0.15, 0.2) is 0 Å². The largest absolute Gasteiger partial charge is 0.481 e. The van der Waals surface area contributed by atoms with Gasteiger partial charge in [0.15, 0.2) is 0 Å². The van der Waals surface area contributed by atoms with Crippen LogP contribution in [0.4, 0.5) is 4.79 Å². The van der Waals surface area contributed by atoms with Crippen LogP contribution in [-0.4, -0.2) is 72.7 Å². The number of carbonyl (C=O) groups is 2. The lowest BCUT2D eigenvalue weighted by Crippen LogP contribution is -2.60. The third-order valence-electron chi connectivity index (χ3n) is 4.17. The minimum Gasteiger partial charge on any atom is -0.481 e. The molecule has 21 heavy (non-hydrogen) atoms. The summed E-state index contributed by atoms with van der Waals surface area (Å²) in [6, 6.07) is -0.302. The summed E-state index contributed by atoms with van der Waals surface area (Å²) in [5.74, 6) is -0.920. The van der Waals surface area contributed by atoms with Crippen LogP contribution in [0.1, 0.15) is 25.7 Å². The SMILES string of the molecule is CS(=O)(=O)N1CCN(C(=O)NC2(CC(=O)O)CCC2)CC1. The molecule has 2 N–H and O–H groups in total. The number of nitrogens with one attached hydrogen (secondary N) is 1. The first-order valence-electron chi connectivity index (χ1n) is 6.96. The molecule has 2 fully saturated rings. The number of nitrogens with zero attached hydrogens (tertiary/aromatic N) is 2. The molecule has 0 aromatic heterocycles. The summed E-state index contributed by atoms with van der Waals surface area (Å²) in [7, 11) is -3.22. The Morgan fingerprint density at radius 2 is 1.76 bits per heavy atom. The Balaban J connectivity index is 1.89. The van der Waals surface area contributed by atoms with E-state index in [9.17, 15) is 18.0 Å². The quantitative estimate of drug-likeness (QED) is 0.738. The molecular weight excluding hydrogens is 298 g/mol. The number of hydrogen-bond donors (Lipinski definition) is 2. The summed E-state index contributed by atoms with van der Waals surface area (Å²) in [5, 5.41) is 11.7. The molecule has 2 rings (SSSR count). The molecule has 2 aliphatic rings. The van der Waals surface area contributed by atoms with Crippen molar-refractivity contribution < 1.29 is 23.1 Å². The number of carboxylic acid groups (broad SMARTS) is 1. The van der Waals surface area contributed by atoms with Crippen LogP contribution in [-0.2, 0) is 14.8 Å². The molecule has 0 aromatic rings. The van der Waals surface area contributed by atoms with Crippen molar-refractivity contribution in [1.29, 1.82) is 0 Å². The van der Waals surface area contributed by atoms with Gasteiger partial charge in [-0.2, -0.15) is 4.31 Å². The minimum absolute atomic E-state index is 0.0674. The van der Waals surface area contributed by atoms with Gasteiger partial charge in [0.05, 0.1) is 18.2 Å². The fourth-order valence-corrected chi connectivity index (χ4v) is 3.59. The van der Waals surface area contributed by atoms with Crippen LogP contribution < -0.4 is 5.32 Å². The number of carbonyl (C=O) groups excluding carboxylic acids is 1. The van der Waals surface area contributed by atoms with E-state index in [-0.39, 0.29) is 25.5 Å². The summed E-state index contributed by atoms with van der Waals surface area (Å²) in [5.41, 5.74) is -0.628. The monoisotopic (exact) mass is 319 g/mol. The maximum absolute atomic E-state index is 12.2. The Kier molecular flexibility index (Phi) is 4.43. The van der Waals surface area contributed by atoms with Crippen molar-refractivity contribution in [3.63, 3.8) is 0 Å². The molecule has 1 aliphatic carbocycles. The average molecular weight is 319 g/mol. The third-order valence-corrected chi connectivity index (χ3v) is 5.47. The number of carboxylic acids is 1. The molecule has 1 saturated heterocycles. The summed E-state index contributed by atoms with van der Waals surface area (Å²) >= 11 is 0. The van der Waals surface area contributed by atoms with Crippen molar-refractivity contribution in [3.8, 4) is 0 Å². The van der Waals surface area contributed by atoms with Gasteiger partial charge in [-0.05, 0) is 19.3 Å². The van der Waals surface area contributed by atoms with Crippen molar-refractivity contribution in [3.05, 3.63) is 0 Å². The number of piperazine rings is 1. The fraction of sp³-hybridized carbons (Fsp3) is 0.833. The van der Waals surface area contributed by atoms with Gasteiger partial charge < -0.3 is 15.3 Å². The Hall–Kier alpha value is -1.35. The highest BCUT2D eigenvalue weighted by atomic mass is 32.2. The van der Waals surface area contributed by atoms with E-state index in [1.165, 1.54) is 4.31 Å². The second-order valence-electron chi connectivity index (χ2n) is 5.78. The van der Waals surface area contributed by atoms with Gasteiger partial charge in [-0.25, -0.2) is 13.2 Å². The van der Waals surface area contributed by atoms with Crippen molar-refractivity contribution in [2.24, 2.45) is 0 Å². The predicted octanol–water partition coefficient (Wildman–Crippen LogP) is -0.329. The zero-order valence-corrected chi connectivity index (χ0v) is 12.9. The maximum Gasteiger partial charge on any atom is 0.317 e. The average Bonchev–Trinajstić information content (AvgIpc) is 2.34. The van der Waals surface area contributed by atoms with Gasteiger partial charge in [0, 0.05) is 26.2 Å². The normalized spacial score (nSPS) is 22.4. The second-order valence-corrected chi connectivity index (χ2v) is 7.77. The number of rotatable bonds is 4. The van der Waals surface area contributed by atoms with Gasteiger partial charge >= 0.3 is 12.0 Å². The zero-order chi connectivity index (χ0) is 15.7. The predicted molar refractivity (Wildman–Crippen MR) is 75.4 cm³/mol. The molecule has 120 valence electrons. The third kappa shape index (κ3) is 3.85. The highest BCUT2D eigenvalue weighted by Crippen LogP contribution is 2.35. The first-order chi connectivity index (χ1) is 9.72. The van der Waals surface area contributed by atoms with E-state index in [0.29, 0.717) is 25.9 Å². The van der Waals surface area contributed by atoms with E-state index in [0.717, 1.165) is 12.7 Å². The molecule has 0 bridgehead atoms. The number of urea groups is 1. The standard InChI is InChI=1S/C12H21N3O5S/c1-21(19,20)15-7-5-14(6-8-15)11(18)13-12(3-2-4-12)9-10(16)17/h2-9H2,1H3,(H,13,18)(H,16,17). The molecule has 0 unspecified atom stereocenters. The van der Waals surface area contributed by atoms with Crippen molar-refractivity contribution in [2.45, 2.75) is 31.2 Å². The first-order valence-corrected chi connectivity index (χ1v) is 8.81. The Bertz CT molecular complexity index is 521. The lowest BCUT2D eigenvalue weighted by atomic mass is 9.74. The second kappa shape index (κ2) is 5.80. The van der Waals surface area contributed by atoms with Crippen LogP contribution in [0, 0.1) is 0 Å². The van der Waals surface area contributed by atoms with Crippen LogP contribution in [0.25, 0.3) is 0 Å². The lowest BCUT2D eigenvalue weighted by molar-refractivity contribution is -0.139. The van der Waals surface area contributed by atoms with Crippen LogP contribution in [0.3, 0.4) is 0 Å². The number of amides is 2. The van der Waals surface area contributed by atoms with E-state index in [2.05, 4.69) is 5.32 Å². The Morgan fingerprint density at radius 1 is 1.19 bits per heavy atom. The van der Waals surface area contributed by atoms with Gasteiger partial charge in [0.2, 0.25) is 10.0 Å². The highest BCUT2D eigenvalue weighted by molar-refractivity contribution is 7.88. The molecule has 9 heteroatoms. The first kappa shape index (κ1) is 16.0. The summed E-state index contributed by atoms with van der Waals surface area (Å²) in [6.07, 6.45) is 3.35. The Labute approximate surface area is 124 Å². The lowest BCUT2D eigenvalue weighted by Gasteiger charge is -2.43. The van der Waals surface area contributed by atoms with E-state index in [1.807, 2.05) is 0 Å². The maximum atomic E-state index is 12.2. The van der Waals surface area contributed by atoms with Crippen molar-refractivity contribution >= 4 is 22.0 Å². The smallest absolute Gasteiger partial charge is 0.317 e. The Morgan fingerprint density at radius 3 is 2.14 bits per heavy atom. The van der Waals surface area contributed by atoms with Gasteiger partial charge in [0.1, 0.15) is 0 Å². The van der Waals surface area contributed by atoms with Crippen molar-refractivity contribution in [2.75, 3.05) is 32.4 Å². The van der Waals surface area contributed by atoms with E-state index < -0.39 is 21.5 Å². The topological polar surface area (TPSA) is 107 Å². The number of sulfonamides is 1. The zero-order valence-electron chi connectivity index (χ0n) is 12.0. The number of hydrogen-bond acceptors (Lipinski definition) is 4. The molecular formula is C12H21N3O5S. The van der Waals surface area contributed by atoms with Gasteiger partial charge in [-0.1, -0.05) is 0 Å². The summed E-state index contributed by atoms with van der Waals surface area (Å²) in [4.78, 5) is 24.6. The highest BCUT2D eigenvalue weighted by Gasteiger charge is 2.41. The van der Waals surface area contributed by atoms with Crippen LogP contribution in [0.2, 0.25) is 0 Å². The van der Waals surface area contributed by atoms with Crippen LogP contribution >= 0.6 is 0 Å².